The van der Waals surface area contributed by atoms with E-state index in [4.69, 9.17) is 5.11 Å². The molecule has 0 saturated carbocycles. The zero-order chi connectivity index (χ0) is 10.1. The first-order valence-electron chi connectivity index (χ1n) is 4.33. The van der Waals surface area contributed by atoms with Crippen LogP contribution in [-0.4, -0.2) is 22.9 Å². The highest BCUT2D eigenvalue weighted by atomic mass is 32.2. The summed E-state index contributed by atoms with van der Waals surface area (Å²) >= 11 is 3.35. The lowest BCUT2D eigenvalue weighted by atomic mass is 10.2. The number of carboxylic acids is 1. The SMILES string of the molecule is Cc1ccsc1C1NC(C(=O)O)CS1. The van der Waals surface area contributed by atoms with Gasteiger partial charge in [0.25, 0.3) is 0 Å². The molecule has 0 spiro atoms. The van der Waals surface area contributed by atoms with E-state index >= 15 is 0 Å². The topological polar surface area (TPSA) is 49.3 Å². The van der Waals surface area contributed by atoms with Gasteiger partial charge in [-0.15, -0.1) is 23.1 Å². The van der Waals surface area contributed by atoms with Crippen molar-refractivity contribution in [2.24, 2.45) is 0 Å². The number of thiophene rings is 1. The highest BCUT2D eigenvalue weighted by molar-refractivity contribution is 7.99. The van der Waals surface area contributed by atoms with Crippen molar-refractivity contribution in [3.8, 4) is 0 Å². The monoisotopic (exact) mass is 229 g/mol. The van der Waals surface area contributed by atoms with Crippen LogP contribution in [0.15, 0.2) is 11.4 Å². The Balaban J connectivity index is 2.10. The molecule has 1 aliphatic heterocycles. The number of nitrogens with one attached hydrogen (secondary N) is 1. The molecule has 2 unspecified atom stereocenters. The van der Waals surface area contributed by atoms with Gasteiger partial charge in [0.1, 0.15) is 6.04 Å². The van der Waals surface area contributed by atoms with Gasteiger partial charge in [0.15, 0.2) is 0 Å². The van der Waals surface area contributed by atoms with Gasteiger partial charge in [-0.25, -0.2) is 0 Å². The quantitative estimate of drug-likeness (QED) is 0.812. The van der Waals surface area contributed by atoms with E-state index in [1.54, 1.807) is 23.1 Å². The minimum absolute atomic E-state index is 0.163. The number of hydrogen-bond donors (Lipinski definition) is 2. The molecule has 3 nitrogen and oxygen atoms in total. The van der Waals surface area contributed by atoms with Crippen LogP contribution in [0.4, 0.5) is 0 Å². The maximum atomic E-state index is 10.7. The van der Waals surface area contributed by atoms with Crippen LogP contribution in [0.1, 0.15) is 15.8 Å². The minimum Gasteiger partial charge on any atom is -0.480 e. The molecule has 0 aromatic carbocycles. The number of aryl methyl sites for hydroxylation is 1. The van der Waals surface area contributed by atoms with Gasteiger partial charge in [-0.2, -0.15) is 0 Å². The predicted octanol–water partition coefficient (Wildman–Crippen LogP) is 1.84. The zero-order valence-electron chi connectivity index (χ0n) is 7.69. The number of carboxylic acid groups (broad SMARTS) is 1. The highest BCUT2D eigenvalue weighted by Crippen LogP contribution is 2.37. The van der Waals surface area contributed by atoms with E-state index in [1.807, 2.05) is 5.38 Å². The van der Waals surface area contributed by atoms with Crippen LogP contribution >= 0.6 is 23.1 Å². The van der Waals surface area contributed by atoms with E-state index in [2.05, 4.69) is 18.3 Å². The number of aliphatic carboxylic acids is 1. The Labute approximate surface area is 90.5 Å². The fourth-order valence-corrected chi connectivity index (χ4v) is 3.87. The fraction of sp³-hybridized carbons (Fsp3) is 0.444. The van der Waals surface area contributed by atoms with Gasteiger partial charge in [0.2, 0.25) is 0 Å². The maximum Gasteiger partial charge on any atom is 0.321 e. The summed E-state index contributed by atoms with van der Waals surface area (Å²) in [6, 6.07) is 1.67. The summed E-state index contributed by atoms with van der Waals surface area (Å²) < 4.78 is 0. The molecule has 2 atom stereocenters. The van der Waals surface area contributed by atoms with Crippen molar-refractivity contribution < 1.29 is 9.90 Å². The molecule has 5 heteroatoms. The van der Waals surface area contributed by atoms with Crippen LogP contribution < -0.4 is 5.32 Å². The van der Waals surface area contributed by atoms with Crippen LogP contribution in [0, 0.1) is 6.92 Å². The van der Waals surface area contributed by atoms with Crippen molar-refractivity contribution in [1.29, 1.82) is 0 Å². The molecule has 0 aliphatic carbocycles. The molecule has 76 valence electrons. The second kappa shape index (κ2) is 3.92. The van der Waals surface area contributed by atoms with Crippen molar-refractivity contribution in [1.82, 2.24) is 5.32 Å². The Morgan fingerprint density at radius 3 is 3.00 bits per heavy atom. The first kappa shape index (κ1) is 10.0. The number of carbonyl (C=O) groups is 1. The van der Waals surface area contributed by atoms with E-state index < -0.39 is 12.0 Å². The highest BCUT2D eigenvalue weighted by Gasteiger charge is 2.31. The number of rotatable bonds is 2. The molecule has 0 radical (unpaired) electrons. The van der Waals surface area contributed by atoms with Gasteiger partial charge in [-0.05, 0) is 23.9 Å². The molecule has 2 N–H and O–H groups in total. The van der Waals surface area contributed by atoms with Crippen LogP contribution in [-0.2, 0) is 4.79 Å². The van der Waals surface area contributed by atoms with Crippen LogP contribution in [0.25, 0.3) is 0 Å². The number of hydrogen-bond acceptors (Lipinski definition) is 4. The lowest BCUT2D eigenvalue weighted by Gasteiger charge is -2.09. The summed E-state index contributed by atoms with van der Waals surface area (Å²) in [5.74, 6) is -0.105. The van der Waals surface area contributed by atoms with Crippen molar-refractivity contribution in [2.45, 2.75) is 18.3 Å². The summed E-state index contributed by atoms with van der Waals surface area (Å²) in [5.41, 5.74) is 1.24. The summed E-state index contributed by atoms with van der Waals surface area (Å²) in [4.78, 5) is 12.0. The van der Waals surface area contributed by atoms with Gasteiger partial charge in [0.05, 0.1) is 5.37 Å². The van der Waals surface area contributed by atoms with Crippen LogP contribution in [0.5, 0.6) is 0 Å². The Morgan fingerprint density at radius 1 is 1.71 bits per heavy atom. The lowest BCUT2D eigenvalue weighted by Crippen LogP contribution is -2.33. The van der Waals surface area contributed by atoms with Crippen molar-refractivity contribution >= 4 is 29.1 Å². The molecule has 2 rings (SSSR count). The van der Waals surface area contributed by atoms with Gasteiger partial charge >= 0.3 is 5.97 Å². The van der Waals surface area contributed by atoms with Crippen LogP contribution in [0.3, 0.4) is 0 Å². The molecule has 0 amide bonds. The standard InChI is InChI=1S/C9H11NO2S2/c1-5-2-3-13-7(5)8-10-6(4-14-8)9(11)12/h2-3,6,8,10H,4H2,1H3,(H,11,12). The fourth-order valence-electron chi connectivity index (χ4n) is 1.42. The maximum absolute atomic E-state index is 10.7. The Bertz CT molecular complexity index is 350. The molecule has 14 heavy (non-hydrogen) atoms. The summed E-state index contributed by atoms with van der Waals surface area (Å²) in [6.45, 7) is 2.06. The molecule has 1 aromatic heterocycles. The third-order valence-electron chi connectivity index (χ3n) is 2.22. The molecule has 1 fully saturated rings. The molecule has 1 aromatic rings. The molecule has 1 aliphatic rings. The molecular weight excluding hydrogens is 218 g/mol. The summed E-state index contributed by atoms with van der Waals surface area (Å²) in [7, 11) is 0. The zero-order valence-corrected chi connectivity index (χ0v) is 9.32. The Hall–Kier alpha value is -0.520. The molecule has 2 heterocycles. The third kappa shape index (κ3) is 1.80. The van der Waals surface area contributed by atoms with Crippen molar-refractivity contribution in [2.75, 3.05) is 5.75 Å². The van der Waals surface area contributed by atoms with Gasteiger partial charge in [0, 0.05) is 10.6 Å². The number of thioether (sulfide) groups is 1. The Kier molecular flexibility index (Phi) is 2.80. The average Bonchev–Trinajstić information content (AvgIpc) is 2.71. The van der Waals surface area contributed by atoms with Crippen molar-refractivity contribution in [3.63, 3.8) is 0 Å². The average molecular weight is 229 g/mol. The van der Waals surface area contributed by atoms with E-state index in [-0.39, 0.29) is 5.37 Å². The molecule has 1 saturated heterocycles. The second-order valence-electron chi connectivity index (χ2n) is 3.24. The van der Waals surface area contributed by atoms with Gasteiger partial charge < -0.3 is 5.11 Å². The van der Waals surface area contributed by atoms with Crippen LogP contribution in [0.2, 0.25) is 0 Å². The second-order valence-corrected chi connectivity index (χ2v) is 5.32. The first-order chi connectivity index (χ1) is 6.68. The largest absolute Gasteiger partial charge is 0.480 e. The summed E-state index contributed by atoms with van der Waals surface area (Å²) in [5, 5.41) is 14.1. The van der Waals surface area contributed by atoms with Crippen molar-refractivity contribution in [3.05, 3.63) is 21.9 Å². The predicted molar refractivity (Wildman–Crippen MR) is 58.8 cm³/mol. The van der Waals surface area contributed by atoms with Gasteiger partial charge in [-0.3, -0.25) is 10.1 Å². The summed E-state index contributed by atoms with van der Waals surface area (Å²) in [6.07, 6.45) is 0. The van der Waals surface area contributed by atoms with E-state index in [0.717, 1.165) is 0 Å². The normalized spacial score (nSPS) is 26.6. The van der Waals surface area contributed by atoms with E-state index in [1.165, 1.54) is 10.4 Å². The minimum atomic E-state index is -0.755. The Morgan fingerprint density at radius 2 is 2.50 bits per heavy atom. The van der Waals surface area contributed by atoms with E-state index in [0.29, 0.717) is 5.75 Å². The van der Waals surface area contributed by atoms with E-state index in [9.17, 15) is 4.79 Å². The smallest absolute Gasteiger partial charge is 0.321 e. The van der Waals surface area contributed by atoms with Gasteiger partial charge in [-0.1, -0.05) is 0 Å². The molecule has 0 bridgehead atoms. The molecular formula is C9H11NO2S2. The lowest BCUT2D eigenvalue weighted by molar-refractivity contribution is -0.138. The first-order valence-corrected chi connectivity index (χ1v) is 6.26. The third-order valence-corrected chi connectivity index (χ3v) is 4.68.